The van der Waals surface area contributed by atoms with E-state index in [9.17, 15) is 4.79 Å². The zero-order valence-corrected chi connectivity index (χ0v) is 8.74. The van der Waals surface area contributed by atoms with E-state index in [-0.39, 0.29) is 0 Å². The molecule has 78 valence electrons. The topological polar surface area (TPSA) is 46.6 Å². The Labute approximate surface area is 82.8 Å². The molecule has 0 atom stereocenters. The minimum absolute atomic E-state index is 0.558. The average Bonchev–Trinajstić information content (AvgIpc) is 2.42. The highest BCUT2D eigenvalue weighted by Crippen LogP contribution is 2.07. The molecule has 0 aliphatic rings. The summed E-state index contributed by atoms with van der Waals surface area (Å²) in [7, 11) is 1.95. The lowest BCUT2D eigenvalue weighted by atomic mass is 10.3. The van der Waals surface area contributed by atoms with Crippen LogP contribution in [-0.2, 0) is 6.54 Å². The van der Waals surface area contributed by atoms with Crippen LogP contribution in [0.3, 0.4) is 0 Å². The van der Waals surface area contributed by atoms with E-state index >= 15 is 0 Å². The van der Waals surface area contributed by atoms with Crippen molar-refractivity contribution in [2.45, 2.75) is 20.4 Å². The van der Waals surface area contributed by atoms with E-state index in [1.54, 1.807) is 6.92 Å². The fraction of sp³-hybridized carbons (Fsp3) is 0.500. The molecule has 1 aromatic heterocycles. The second-order valence-electron chi connectivity index (χ2n) is 3.20. The van der Waals surface area contributed by atoms with E-state index in [0.717, 1.165) is 6.54 Å². The van der Waals surface area contributed by atoms with Crippen LogP contribution in [0.2, 0.25) is 0 Å². The molecule has 0 aromatic carbocycles. The standard InChI is InChI=1S/C10H15NO3/c1-4-5-6-11(3)7-9-8(2)13-10(12)14-9/h4-5H,6-7H2,1-3H3/b5-4-. The Kier molecular flexibility index (Phi) is 3.71. The minimum Gasteiger partial charge on any atom is -0.396 e. The van der Waals surface area contributed by atoms with Crippen molar-refractivity contribution in [3.8, 4) is 0 Å². The molecule has 0 amide bonds. The van der Waals surface area contributed by atoms with Crippen molar-refractivity contribution in [2.75, 3.05) is 13.6 Å². The Morgan fingerprint density at radius 1 is 1.43 bits per heavy atom. The van der Waals surface area contributed by atoms with Crippen LogP contribution < -0.4 is 5.82 Å². The van der Waals surface area contributed by atoms with Gasteiger partial charge in [0.05, 0.1) is 6.54 Å². The maximum Gasteiger partial charge on any atom is 0.519 e. The van der Waals surface area contributed by atoms with Gasteiger partial charge in [0.2, 0.25) is 0 Å². The number of hydrogen-bond acceptors (Lipinski definition) is 4. The Morgan fingerprint density at radius 2 is 2.14 bits per heavy atom. The maximum atomic E-state index is 10.7. The van der Waals surface area contributed by atoms with Crippen molar-refractivity contribution in [1.82, 2.24) is 4.90 Å². The molecule has 0 aliphatic heterocycles. The van der Waals surface area contributed by atoms with Crippen LogP contribution in [0.5, 0.6) is 0 Å². The van der Waals surface area contributed by atoms with Gasteiger partial charge >= 0.3 is 5.82 Å². The normalized spacial score (nSPS) is 11.7. The second kappa shape index (κ2) is 4.81. The highest BCUT2D eigenvalue weighted by atomic mass is 16.6. The van der Waals surface area contributed by atoms with E-state index in [2.05, 4.69) is 0 Å². The van der Waals surface area contributed by atoms with Crippen molar-refractivity contribution in [2.24, 2.45) is 0 Å². The summed E-state index contributed by atoms with van der Waals surface area (Å²) in [6.45, 7) is 5.10. The lowest BCUT2D eigenvalue weighted by Crippen LogP contribution is -2.17. The lowest BCUT2D eigenvalue weighted by molar-refractivity contribution is 0.307. The van der Waals surface area contributed by atoms with Gasteiger partial charge in [0.25, 0.3) is 0 Å². The van der Waals surface area contributed by atoms with Crippen molar-refractivity contribution < 1.29 is 8.83 Å². The third-order valence-electron chi connectivity index (χ3n) is 1.90. The molecule has 0 N–H and O–H groups in total. The van der Waals surface area contributed by atoms with Crippen molar-refractivity contribution >= 4 is 0 Å². The first-order chi connectivity index (χ1) is 6.63. The molecule has 4 nitrogen and oxygen atoms in total. The molecule has 4 heteroatoms. The molecule has 0 fully saturated rings. The van der Waals surface area contributed by atoms with Crippen LogP contribution in [0, 0.1) is 6.92 Å². The first kappa shape index (κ1) is 10.8. The van der Waals surface area contributed by atoms with E-state index in [0.29, 0.717) is 18.1 Å². The zero-order chi connectivity index (χ0) is 10.6. The molecule has 14 heavy (non-hydrogen) atoms. The molecule has 1 rings (SSSR count). The molecule has 0 saturated carbocycles. The predicted octanol–water partition coefficient (Wildman–Crippen LogP) is 1.55. The first-order valence-corrected chi connectivity index (χ1v) is 4.52. The number of hydrogen-bond donors (Lipinski definition) is 0. The van der Waals surface area contributed by atoms with Crippen LogP contribution in [0.25, 0.3) is 0 Å². The summed E-state index contributed by atoms with van der Waals surface area (Å²) in [4.78, 5) is 12.8. The van der Waals surface area contributed by atoms with E-state index < -0.39 is 5.82 Å². The van der Waals surface area contributed by atoms with Crippen LogP contribution in [0.1, 0.15) is 18.4 Å². The predicted molar refractivity (Wildman–Crippen MR) is 53.1 cm³/mol. The highest BCUT2D eigenvalue weighted by molar-refractivity contribution is 5.00. The van der Waals surface area contributed by atoms with Gasteiger partial charge in [-0.25, -0.2) is 4.79 Å². The number of allylic oxidation sites excluding steroid dienone is 1. The SMILES string of the molecule is C/C=C\CN(C)Cc1oc(=O)oc1C. The van der Waals surface area contributed by atoms with Gasteiger partial charge in [-0.3, -0.25) is 4.90 Å². The summed E-state index contributed by atoms with van der Waals surface area (Å²) in [5.41, 5.74) is 0. The van der Waals surface area contributed by atoms with E-state index in [4.69, 9.17) is 8.83 Å². The molecule has 1 aromatic rings. The minimum atomic E-state index is -0.628. The first-order valence-electron chi connectivity index (χ1n) is 4.52. The number of nitrogens with zero attached hydrogens (tertiary/aromatic N) is 1. The summed E-state index contributed by atoms with van der Waals surface area (Å²) in [6.07, 6.45) is 4.02. The van der Waals surface area contributed by atoms with Gasteiger partial charge in [-0.15, -0.1) is 0 Å². The van der Waals surface area contributed by atoms with Gasteiger partial charge < -0.3 is 8.83 Å². The number of likely N-dealkylation sites (N-methyl/N-ethyl adjacent to an activating group) is 1. The van der Waals surface area contributed by atoms with Gasteiger partial charge in [0, 0.05) is 6.54 Å². The molecule has 0 unspecified atom stereocenters. The lowest BCUT2D eigenvalue weighted by Gasteiger charge is -2.11. The zero-order valence-electron chi connectivity index (χ0n) is 8.74. The van der Waals surface area contributed by atoms with Crippen molar-refractivity contribution in [1.29, 1.82) is 0 Å². The van der Waals surface area contributed by atoms with Crippen molar-refractivity contribution in [3.63, 3.8) is 0 Å². The van der Waals surface area contributed by atoms with Gasteiger partial charge in [0.1, 0.15) is 5.76 Å². The molecule has 0 saturated heterocycles. The van der Waals surface area contributed by atoms with Crippen LogP contribution in [-0.4, -0.2) is 18.5 Å². The summed E-state index contributed by atoms with van der Waals surface area (Å²) < 4.78 is 9.63. The molecule has 0 aliphatic carbocycles. The van der Waals surface area contributed by atoms with Gasteiger partial charge in [0.15, 0.2) is 5.76 Å². The van der Waals surface area contributed by atoms with Crippen LogP contribution in [0.15, 0.2) is 25.8 Å². The monoisotopic (exact) mass is 197 g/mol. The third kappa shape index (κ3) is 2.88. The van der Waals surface area contributed by atoms with Gasteiger partial charge in [-0.1, -0.05) is 12.2 Å². The second-order valence-corrected chi connectivity index (χ2v) is 3.20. The fourth-order valence-electron chi connectivity index (χ4n) is 1.11. The van der Waals surface area contributed by atoms with Gasteiger partial charge in [-0.2, -0.15) is 0 Å². The third-order valence-corrected chi connectivity index (χ3v) is 1.90. The Morgan fingerprint density at radius 3 is 2.64 bits per heavy atom. The summed E-state index contributed by atoms with van der Waals surface area (Å²) >= 11 is 0. The Hall–Kier alpha value is -1.29. The van der Waals surface area contributed by atoms with Crippen LogP contribution in [0.4, 0.5) is 0 Å². The smallest absolute Gasteiger partial charge is 0.396 e. The molecule has 0 spiro atoms. The summed E-state index contributed by atoms with van der Waals surface area (Å²) in [6, 6.07) is 0. The van der Waals surface area contributed by atoms with Crippen LogP contribution >= 0.6 is 0 Å². The molecule has 0 radical (unpaired) electrons. The Balaban J connectivity index is 2.59. The Bertz CT molecular complexity index is 362. The quantitative estimate of drug-likeness (QED) is 0.687. The number of rotatable bonds is 4. The molecular weight excluding hydrogens is 182 g/mol. The fourth-order valence-corrected chi connectivity index (χ4v) is 1.11. The maximum absolute atomic E-state index is 10.7. The van der Waals surface area contributed by atoms with E-state index in [1.807, 2.05) is 31.0 Å². The highest BCUT2D eigenvalue weighted by Gasteiger charge is 2.09. The molecular formula is C10H15NO3. The van der Waals surface area contributed by atoms with Gasteiger partial charge in [-0.05, 0) is 20.9 Å². The molecule has 0 bridgehead atoms. The van der Waals surface area contributed by atoms with Crippen molar-refractivity contribution in [3.05, 3.63) is 34.3 Å². The summed E-state index contributed by atoms with van der Waals surface area (Å²) in [5, 5.41) is 0. The number of aryl methyl sites for hydroxylation is 1. The molecule has 1 heterocycles. The average molecular weight is 197 g/mol. The summed E-state index contributed by atoms with van der Waals surface area (Å²) in [5.74, 6) is 0.529. The largest absolute Gasteiger partial charge is 0.519 e. The van der Waals surface area contributed by atoms with E-state index in [1.165, 1.54) is 0 Å².